The van der Waals surface area contributed by atoms with E-state index >= 15 is 0 Å². The Hall–Kier alpha value is -3.24. The highest BCUT2D eigenvalue weighted by Gasteiger charge is 2.23. The standard InChI is InChI=1S/C21H22N6O3S/c1-14-13-30-10-9-26(14)20-11-19(15-3-5-16(6-4-15)31(2,28)29)27-21(24-20)17(12-23-27)18-7-8-22-25-18/h3-8,11-12,14H,9-10,13H2,1-2H3,(H,22,25). The summed E-state index contributed by atoms with van der Waals surface area (Å²) in [4.78, 5) is 7.44. The molecule has 0 radical (unpaired) electrons. The lowest BCUT2D eigenvalue weighted by molar-refractivity contribution is 0.0985. The molecule has 1 aliphatic heterocycles. The molecule has 4 aromatic rings. The first kappa shape index (κ1) is 19.7. The van der Waals surface area contributed by atoms with Crippen molar-refractivity contribution in [2.45, 2.75) is 17.9 Å². The molecule has 10 heteroatoms. The average Bonchev–Trinajstić information content (AvgIpc) is 3.42. The van der Waals surface area contributed by atoms with Crippen LogP contribution < -0.4 is 4.90 Å². The molecule has 31 heavy (non-hydrogen) atoms. The van der Waals surface area contributed by atoms with E-state index in [0.29, 0.717) is 18.9 Å². The third kappa shape index (κ3) is 3.57. The van der Waals surface area contributed by atoms with Gasteiger partial charge in [0.25, 0.3) is 0 Å². The highest BCUT2D eigenvalue weighted by Crippen LogP contribution is 2.31. The maximum atomic E-state index is 11.9. The van der Waals surface area contributed by atoms with Crippen LogP contribution in [0.2, 0.25) is 0 Å². The second kappa shape index (κ2) is 7.47. The summed E-state index contributed by atoms with van der Waals surface area (Å²) in [5.74, 6) is 0.826. The van der Waals surface area contributed by atoms with E-state index < -0.39 is 9.84 Å². The first-order valence-electron chi connectivity index (χ1n) is 9.95. The zero-order chi connectivity index (χ0) is 21.6. The smallest absolute Gasteiger partial charge is 0.175 e. The van der Waals surface area contributed by atoms with Crippen LogP contribution in [0.15, 0.2) is 53.7 Å². The Labute approximate surface area is 179 Å². The Balaban J connectivity index is 1.71. The van der Waals surface area contributed by atoms with E-state index in [1.165, 1.54) is 6.26 Å². The fourth-order valence-electron chi connectivity index (χ4n) is 3.84. The molecule has 4 heterocycles. The third-order valence-electron chi connectivity index (χ3n) is 5.49. The van der Waals surface area contributed by atoms with Crippen LogP contribution in [0, 0.1) is 0 Å². The summed E-state index contributed by atoms with van der Waals surface area (Å²) in [6.07, 6.45) is 4.66. The number of fused-ring (bicyclic) bond motifs is 1. The van der Waals surface area contributed by atoms with Gasteiger partial charge in [0.1, 0.15) is 5.82 Å². The van der Waals surface area contributed by atoms with E-state index in [9.17, 15) is 8.42 Å². The maximum absolute atomic E-state index is 11.9. The highest BCUT2D eigenvalue weighted by molar-refractivity contribution is 7.90. The summed E-state index contributed by atoms with van der Waals surface area (Å²) in [5.41, 5.74) is 4.04. The zero-order valence-corrected chi connectivity index (χ0v) is 18.0. The van der Waals surface area contributed by atoms with E-state index in [0.717, 1.165) is 34.9 Å². The Bertz CT molecular complexity index is 1330. The van der Waals surface area contributed by atoms with Gasteiger partial charge in [-0.25, -0.2) is 17.9 Å². The molecule has 5 rings (SSSR count). The molecule has 0 aliphatic carbocycles. The molecular weight excluding hydrogens is 416 g/mol. The quantitative estimate of drug-likeness (QED) is 0.522. The molecule has 1 unspecified atom stereocenters. The van der Waals surface area contributed by atoms with Gasteiger partial charge in [0.05, 0.1) is 47.3 Å². The molecule has 1 N–H and O–H groups in total. The largest absolute Gasteiger partial charge is 0.377 e. The van der Waals surface area contributed by atoms with Crippen molar-refractivity contribution < 1.29 is 13.2 Å². The molecule has 0 saturated carbocycles. The molecule has 160 valence electrons. The van der Waals surface area contributed by atoms with Crippen molar-refractivity contribution in [2.75, 3.05) is 30.9 Å². The van der Waals surface area contributed by atoms with Crippen LogP contribution in [0.4, 0.5) is 5.82 Å². The van der Waals surface area contributed by atoms with Crippen molar-refractivity contribution in [3.63, 3.8) is 0 Å². The number of aromatic amines is 1. The molecule has 1 atom stereocenters. The monoisotopic (exact) mass is 438 g/mol. The SMILES string of the molecule is CC1COCCN1c1cc(-c2ccc(S(C)(=O)=O)cc2)n2ncc(-c3ccn[nH]3)c2n1. The van der Waals surface area contributed by atoms with Gasteiger partial charge in [0.15, 0.2) is 15.5 Å². The summed E-state index contributed by atoms with van der Waals surface area (Å²) in [7, 11) is -3.27. The van der Waals surface area contributed by atoms with Crippen molar-refractivity contribution in [3.8, 4) is 22.5 Å². The summed E-state index contributed by atoms with van der Waals surface area (Å²) >= 11 is 0. The van der Waals surface area contributed by atoms with E-state index in [-0.39, 0.29) is 10.9 Å². The van der Waals surface area contributed by atoms with Crippen molar-refractivity contribution in [3.05, 3.63) is 48.8 Å². The second-order valence-electron chi connectivity index (χ2n) is 7.68. The van der Waals surface area contributed by atoms with Gasteiger partial charge in [-0.15, -0.1) is 0 Å². The molecule has 0 amide bonds. The lowest BCUT2D eigenvalue weighted by atomic mass is 10.1. The molecule has 9 nitrogen and oxygen atoms in total. The Morgan fingerprint density at radius 3 is 2.68 bits per heavy atom. The van der Waals surface area contributed by atoms with Crippen molar-refractivity contribution >= 4 is 21.3 Å². The van der Waals surface area contributed by atoms with E-state index in [1.54, 1.807) is 41.2 Å². The number of aromatic nitrogens is 5. The van der Waals surface area contributed by atoms with Crippen LogP contribution >= 0.6 is 0 Å². The van der Waals surface area contributed by atoms with Crippen LogP contribution in [-0.4, -0.2) is 65.3 Å². The fourth-order valence-corrected chi connectivity index (χ4v) is 4.47. The maximum Gasteiger partial charge on any atom is 0.175 e. The number of nitrogens with zero attached hydrogens (tertiary/aromatic N) is 5. The Morgan fingerprint density at radius 1 is 1.19 bits per heavy atom. The van der Waals surface area contributed by atoms with Gasteiger partial charge in [0, 0.05) is 30.6 Å². The molecule has 1 aliphatic rings. The number of ether oxygens (including phenoxy) is 1. The first-order valence-corrected chi connectivity index (χ1v) is 11.8. The van der Waals surface area contributed by atoms with Gasteiger partial charge >= 0.3 is 0 Å². The van der Waals surface area contributed by atoms with Gasteiger partial charge < -0.3 is 9.64 Å². The number of nitrogens with one attached hydrogen (secondary N) is 1. The minimum absolute atomic E-state index is 0.183. The van der Waals surface area contributed by atoms with E-state index in [1.807, 2.05) is 12.1 Å². The van der Waals surface area contributed by atoms with Crippen LogP contribution in [0.1, 0.15) is 6.92 Å². The van der Waals surface area contributed by atoms with Crippen molar-refractivity contribution in [1.82, 2.24) is 24.8 Å². The summed E-state index contributed by atoms with van der Waals surface area (Å²) in [6, 6.07) is 10.9. The number of benzene rings is 1. The van der Waals surface area contributed by atoms with Gasteiger partial charge in [-0.2, -0.15) is 10.2 Å². The zero-order valence-electron chi connectivity index (χ0n) is 17.2. The summed E-state index contributed by atoms with van der Waals surface area (Å²) in [6.45, 7) is 4.13. The summed E-state index contributed by atoms with van der Waals surface area (Å²) < 4.78 is 31.1. The highest BCUT2D eigenvalue weighted by atomic mass is 32.2. The Morgan fingerprint density at radius 2 is 2.00 bits per heavy atom. The molecular formula is C21H22N6O3S. The van der Waals surface area contributed by atoms with Crippen LogP contribution in [-0.2, 0) is 14.6 Å². The number of anilines is 1. The first-order chi connectivity index (χ1) is 14.9. The Kier molecular flexibility index (Phi) is 4.75. The molecule has 0 bridgehead atoms. The minimum Gasteiger partial charge on any atom is -0.377 e. The summed E-state index contributed by atoms with van der Waals surface area (Å²) in [5, 5.41) is 11.6. The number of sulfone groups is 1. The molecule has 3 aromatic heterocycles. The number of hydrogen-bond acceptors (Lipinski definition) is 7. The number of hydrogen-bond donors (Lipinski definition) is 1. The molecule has 1 saturated heterocycles. The average molecular weight is 439 g/mol. The number of H-pyrrole nitrogens is 1. The molecule has 0 spiro atoms. The second-order valence-corrected chi connectivity index (χ2v) is 9.69. The minimum atomic E-state index is -3.27. The van der Waals surface area contributed by atoms with Gasteiger partial charge in [-0.05, 0) is 25.1 Å². The van der Waals surface area contributed by atoms with Crippen molar-refractivity contribution in [1.29, 1.82) is 0 Å². The predicted octanol–water partition coefficient (Wildman–Crippen LogP) is 2.42. The fraction of sp³-hybridized carbons (Fsp3) is 0.286. The van der Waals surface area contributed by atoms with Crippen LogP contribution in [0.25, 0.3) is 28.2 Å². The lowest BCUT2D eigenvalue weighted by Gasteiger charge is -2.34. The van der Waals surface area contributed by atoms with E-state index in [4.69, 9.17) is 9.72 Å². The predicted molar refractivity (Wildman–Crippen MR) is 117 cm³/mol. The van der Waals surface area contributed by atoms with Gasteiger partial charge in [-0.1, -0.05) is 12.1 Å². The topological polar surface area (TPSA) is 105 Å². The van der Waals surface area contributed by atoms with Crippen LogP contribution in [0.3, 0.4) is 0 Å². The van der Waals surface area contributed by atoms with Gasteiger partial charge in [0.2, 0.25) is 0 Å². The number of rotatable bonds is 4. The molecule has 1 aromatic carbocycles. The third-order valence-corrected chi connectivity index (χ3v) is 6.62. The molecule has 1 fully saturated rings. The number of morpholine rings is 1. The normalized spacial score (nSPS) is 17.4. The van der Waals surface area contributed by atoms with Gasteiger partial charge in [-0.3, -0.25) is 5.10 Å². The lowest BCUT2D eigenvalue weighted by Crippen LogP contribution is -2.44. The van der Waals surface area contributed by atoms with Crippen molar-refractivity contribution in [2.24, 2.45) is 0 Å². The van der Waals surface area contributed by atoms with E-state index in [2.05, 4.69) is 27.1 Å². The van der Waals surface area contributed by atoms with Crippen LogP contribution in [0.5, 0.6) is 0 Å².